The van der Waals surface area contributed by atoms with Crippen LogP contribution in [0.15, 0.2) is 59.5 Å². The molecule has 4 rings (SSSR count). The second-order valence-electron chi connectivity index (χ2n) is 6.61. The van der Waals surface area contributed by atoms with Crippen LogP contribution in [0.1, 0.15) is 18.7 Å². The van der Waals surface area contributed by atoms with Crippen molar-refractivity contribution >= 4 is 15.5 Å². The first-order valence-electron chi connectivity index (χ1n) is 8.24. The molecule has 0 N–H and O–H groups in total. The van der Waals surface area contributed by atoms with Crippen LogP contribution in [-0.2, 0) is 16.3 Å². The van der Waals surface area contributed by atoms with Crippen molar-refractivity contribution in [3.05, 3.63) is 60.4 Å². The Morgan fingerprint density at radius 3 is 2.56 bits per heavy atom. The van der Waals surface area contributed by atoms with E-state index in [-0.39, 0.29) is 0 Å². The molecular weight excluding hydrogens is 334 g/mol. The number of nitrogens with zero attached hydrogens (tertiary/aromatic N) is 3. The molecule has 25 heavy (non-hydrogen) atoms. The maximum Gasteiger partial charge on any atom is 0.175 e. The SMILES string of the molecule is C=C(Cc1nc2cccc(-c3ccc(S(C)(=O)=O)cc3)n2n1)C1CC1. The van der Waals surface area contributed by atoms with Gasteiger partial charge in [0.1, 0.15) is 0 Å². The number of fused-ring (bicyclic) bond motifs is 1. The highest BCUT2D eigenvalue weighted by Crippen LogP contribution is 2.36. The Balaban J connectivity index is 1.71. The molecule has 0 bridgehead atoms. The first-order chi connectivity index (χ1) is 11.9. The molecule has 0 radical (unpaired) electrons. The number of allylic oxidation sites excluding steroid dienone is 1. The Hall–Kier alpha value is -2.47. The van der Waals surface area contributed by atoms with Crippen molar-refractivity contribution in [2.45, 2.75) is 24.2 Å². The standard InChI is InChI=1S/C19H19N3O2S/c1-13(14-6-7-14)12-18-20-19-5-3-4-17(22(19)21-18)15-8-10-16(11-9-15)25(2,23)24/h3-5,8-11,14H,1,6-7,12H2,2H3. The molecule has 0 amide bonds. The van der Waals surface area contributed by atoms with Gasteiger partial charge in [0, 0.05) is 18.2 Å². The van der Waals surface area contributed by atoms with E-state index in [1.165, 1.54) is 24.7 Å². The summed E-state index contributed by atoms with van der Waals surface area (Å²) in [6.45, 7) is 4.15. The summed E-state index contributed by atoms with van der Waals surface area (Å²) in [6, 6.07) is 12.7. The molecule has 1 aliphatic rings. The summed E-state index contributed by atoms with van der Waals surface area (Å²) in [5.41, 5.74) is 3.77. The number of hydrogen-bond acceptors (Lipinski definition) is 4. The van der Waals surface area contributed by atoms with E-state index < -0.39 is 9.84 Å². The maximum atomic E-state index is 11.6. The Bertz CT molecular complexity index is 1060. The molecule has 1 aliphatic carbocycles. The highest BCUT2D eigenvalue weighted by molar-refractivity contribution is 7.90. The molecular formula is C19H19N3O2S. The summed E-state index contributed by atoms with van der Waals surface area (Å²) in [7, 11) is -3.20. The molecule has 128 valence electrons. The van der Waals surface area contributed by atoms with Crippen molar-refractivity contribution in [3.8, 4) is 11.3 Å². The lowest BCUT2D eigenvalue weighted by molar-refractivity contribution is 0.602. The third-order valence-corrected chi connectivity index (χ3v) is 5.65. The van der Waals surface area contributed by atoms with Crippen LogP contribution in [0.2, 0.25) is 0 Å². The fraction of sp³-hybridized carbons (Fsp3) is 0.263. The summed E-state index contributed by atoms with van der Waals surface area (Å²) < 4.78 is 25.1. The molecule has 2 heterocycles. The van der Waals surface area contributed by atoms with E-state index in [0.29, 0.717) is 17.2 Å². The number of pyridine rings is 1. The predicted molar refractivity (Wildman–Crippen MR) is 97.1 cm³/mol. The van der Waals surface area contributed by atoms with Crippen LogP contribution in [-0.4, -0.2) is 29.3 Å². The smallest absolute Gasteiger partial charge is 0.175 e. The quantitative estimate of drug-likeness (QED) is 0.660. The van der Waals surface area contributed by atoms with Crippen molar-refractivity contribution in [2.24, 2.45) is 5.92 Å². The second kappa shape index (κ2) is 5.81. The summed E-state index contributed by atoms with van der Waals surface area (Å²) in [4.78, 5) is 4.91. The van der Waals surface area contributed by atoms with Gasteiger partial charge in [-0.3, -0.25) is 0 Å². The third kappa shape index (κ3) is 3.22. The van der Waals surface area contributed by atoms with E-state index in [2.05, 4.69) is 16.7 Å². The van der Waals surface area contributed by atoms with E-state index in [1.807, 2.05) is 22.7 Å². The molecule has 1 aromatic carbocycles. The van der Waals surface area contributed by atoms with E-state index in [0.717, 1.165) is 22.7 Å². The van der Waals surface area contributed by atoms with E-state index in [1.54, 1.807) is 24.3 Å². The Morgan fingerprint density at radius 1 is 1.20 bits per heavy atom. The minimum atomic E-state index is -3.20. The second-order valence-corrected chi connectivity index (χ2v) is 8.63. The zero-order chi connectivity index (χ0) is 17.6. The van der Waals surface area contributed by atoms with Gasteiger partial charge in [-0.05, 0) is 43.0 Å². The van der Waals surface area contributed by atoms with Crippen molar-refractivity contribution in [1.82, 2.24) is 14.6 Å². The third-order valence-electron chi connectivity index (χ3n) is 4.52. The van der Waals surface area contributed by atoms with Crippen LogP contribution in [0.25, 0.3) is 16.9 Å². The summed E-state index contributed by atoms with van der Waals surface area (Å²) in [6.07, 6.45) is 4.37. The van der Waals surface area contributed by atoms with Crippen LogP contribution in [0, 0.1) is 5.92 Å². The minimum Gasteiger partial charge on any atom is -0.224 e. The number of benzene rings is 1. The average molecular weight is 353 g/mol. The molecule has 3 aromatic rings. The van der Waals surface area contributed by atoms with Crippen molar-refractivity contribution in [1.29, 1.82) is 0 Å². The summed E-state index contributed by atoms with van der Waals surface area (Å²) in [5, 5.41) is 4.64. The van der Waals surface area contributed by atoms with Gasteiger partial charge in [0.05, 0.1) is 10.6 Å². The van der Waals surface area contributed by atoms with Crippen LogP contribution in [0.3, 0.4) is 0 Å². The molecule has 6 heteroatoms. The number of hydrogen-bond donors (Lipinski definition) is 0. The molecule has 0 saturated heterocycles. The largest absolute Gasteiger partial charge is 0.224 e. The van der Waals surface area contributed by atoms with Crippen LogP contribution in [0.4, 0.5) is 0 Å². The highest BCUT2D eigenvalue weighted by Gasteiger charge is 2.25. The number of rotatable bonds is 5. The lowest BCUT2D eigenvalue weighted by Crippen LogP contribution is -1.98. The van der Waals surface area contributed by atoms with E-state index in [9.17, 15) is 8.42 Å². The van der Waals surface area contributed by atoms with Gasteiger partial charge in [0.2, 0.25) is 0 Å². The Morgan fingerprint density at radius 2 is 1.92 bits per heavy atom. The normalized spacial score (nSPS) is 14.8. The fourth-order valence-electron chi connectivity index (χ4n) is 2.95. The first-order valence-corrected chi connectivity index (χ1v) is 10.1. The van der Waals surface area contributed by atoms with Crippen LogP contribution >= 0.6 is 0 Å². The topological polar surface area (TPSA) is 64.3 Å². The molecule has 5 nitrogen and oxygen atoms in total. The first kappa shape index (κ1) is 16.0. The number of aromatic nitrogens is 3. The monoisotopic (exact) mass is 353 g/mol. The van der Waals surface area contributed by atoms with E-state index >= 15 is 0 Å². The van der Waals surface area contributed by atoms with Gasteiger partial charge in [-0.25, -0.2) is 17.9 Å². The summed E-state index contributed by atoms with van der Waals surface area (Å²) >= 11 is 0. The van der Waals surface area contributed by atoms with Gasteiger partial charge < -0.3 is 0 Å². The highest BCUT2D eigenvalue weighted by atomic mass is 32.2. The van der Waals surface area contributed by atoms with Crippen LogP contribution < -0.4 is 0 Å². The molecule has 0 unspecified atom stereocenters. The molecule has 2 aromatic heterocycles. The van der Waals surface area contributed by atoms with Crippen molar-refractivity contribution in [2.75, 3.05) is 6.26 Å². The van der Waals surface area contributed by atoms with Gasteiger partial charge in [-0.2, -0.15) is 5.10 Å². The molecule has 1 fully saturated rings. The lowest BCUT2D eigenvalue weighted by atomic mass is 10.1. The Labute approximate surface area is 146 Å². The molecule has 0 atom stereocenters. The van der Waals surface area contributed by atoms with Crippen molar-refractivity contribution in [3.63, 3.8) is 0 Å². The van der Waals surface area contributed by atoms with Gasteiger partial charge in [-0.1, -0.05) is 30.4 Å². The number of sulfone groups is 1. The van der Waals surface area contributed by atoms with E-state index in [4.69, 9.17) is 0 Å². The zero-order valence-electron chi connectivity index (χ0n) is 14.0. The zero-order valence-corrected chi connectivity index (χ0v) is 14.8. The van der Waals surface area contributed by atoms with Gasteiger partial charge in [0.25, 0.3) is 0 Å². The molecule has 1 saturated carbocycles. The fourth-order valence-corrected chi connectivity index (χ4v) is 3.59. The lowest BCUT2D eigenvalue weighted by Gasteiger charge is -2.05. The maximum absolute atomic E-state index is 11.6. The summed E-state index contributed by atoms with van der Waals surface area (Å²) in [5.74, 6) is 1.41. The average Bonchev–Trinajstić information content (AvgIpc) is 3.34. The van der Waals surface area contributed by atoms with Crippen molar-refractivity contribution < 1.29 is 8.42 Å². The molecule has 0 aliphatic heterocycles. The predicted octanol–water partition coefficient (Wildman–Crippen LogP) is 3.31. The van der Waals surface area contributed by atoms with Gasteiger partial charge in [-0.15, -0.1) is 0 Å². The van der Waals surface area contributed by atoms with Gasteiger partial charge >= 0.3 is 0 Å². The Kier molecular flexibility index (Phi) is 3.72. The van der Waals surface area contributed by atoms with Gasteiger partial charge in [0.15, 0.2) is 21.3 Å². The molecule has 0 spiro atoms. The van der Waals surface area contributed by atoms with Crippen LogP contribution in [0.5, 0.6) is 0 Å². The minimum absolute atomic E-state index is 0.309.